The monoisotopic (exact) mass is 347 g/mol. The molecule has 3 aliphatic rings. The number of allylic oxidation sites excluding steroid dienone is 2. The number of hydrogen-bond donors (Lipinski definition) is 1. The van der Waals surface area contributed by atoms with Crippen LogP contribution in [0.25, 0.3) is 0 Å². The summed E-state index contributed by atoms with van der Waals surface area (Å²) in [5.74, 6) is 7.88. The Morgan fingerprint density at radius 2 is 2.08 bits per heavy atom. The standard InChI is InChI=1S/C24H29NO/c1-4-6-15-13-20-16(14-21(15)23(25)26)7-9-19-18(20)11-12-24(3)17(5-2)8-10-22(19)24/h5,13-14,18-19,22H,7-12H2,1-3H3,(H2,25,26)/b17-5-. The van der Waals surface area contributed by atoms with Gasteiger partial charge in [-0.3, -0.25) is 4.79 Å². The molecule has 0 aromatic heterocycles. The van der Waals surface area contributed by atoms with Gasteiger partial charge in [0.1, 0.15) is 0 Å². The minimum absolute atomic E-state index is 0.364. The van der Waals surface area contributed by atoms with Crippen molar-refractivity contribution >= 4 is 5.91 Å². The third-order valence-electron chi connectivity index (χ3n) is 7.58. The molecule has 2 N–H and O–H groups in total. The first-order valence-corrected chi connectivity index (χ1v) is 10.0. The van der Waals surface area contributed by atoms with Crippen LogP contribution in [0.5, 0.6) is 0 Å². The van der Waals surface area contributed by atoms with Gasteiger partial charge in [-0.2, -0.15) is 0 Å². The Hall–Kier alpha value is -2.01. The lowest BCUT2D eigenvalue weighted by Gasteiger charge is -2.49. The average Bonchev–Trinajstić information content (AvgIpc) is 2.97. The zero-order valence-electron chi connectivity index (χ0n) is 16.2. The number of carbonyl (C=O) groups is 1. The molecule has 0 saturated heterocycles. The summed E-state index contributed by atoms with van der Waals surface area (Å²) in [7, 11) is 0. The molecule has 4 rings (SSSR count). The van der Waals surface area contributed by atoms with Gasteiger partial charge in [-0.1, -0.05) is 24.5 Å². The topological polar surface area (TPSA) is 43.1 Å². The highest BCUT2D eigenvalue weighted by Crippen LogP contribution is 2.62. The van der Waals surface area contributed by atoms with E-state index in [4.69, 9.17) is 5.73 Å². The van der Waals surface area contributed by atoms with Gasteiger partial charge in [0.2, 0.25) is 5.91 Å². The number of amides is 1. The van der Waals surface area contributed by atoms with Crippen molar-refractivity contribution in [3.05, 3.63) is 46.0 Å². The lowest BCUT2D eigenvalue weighted by molar-refractivity contribution is 0.0813. The Morgan fingerprint density at radius 1 is 1.27 bits per heavy atom. The first kappa shape index (κ1) is 17.4. The van der Waals surface area contributed by atoms with Crippen LogP contribution >= 0.6 is 0 Å². The van der Waals surface area contributed by atoms with Gasteiger partial charge in [-0.15, -0.1) is 5.92 Å². The fourth-order valence-electron chi connectivity index (χ4n) is 6.39. The van der Waals surface area contributed by atoms with Crippen LogP contribution in [-0.4, -0.2) is 5.91 Å². The molecule has 4 unspecified atom stereocenters. The Kier molecular flexibility index (Phi) is 4.22. The molecule has 2 heteroatoms. The van der Waals surface area contributed by atoms with Crippen LogP contribution < -0.4 is 5.73 Å². The van der Waals surface area contributed by atoms with E-state index in [1.807, 2.05) is 13.0 Å². The van der Waals surface area contributed by atoms with Gasteiger partial charge in [0.15, 0.2) is 0 Å². The molecular weight excluding hydrogens is 318 g/mol. The van der Waals surface area contributed by atoms with E-state index in [1.54, 1.807) is 5.57 Å². The smallest absolute Gasteiger partial charge is 0.249 e. The second-order valence-electron chi connectivity index (χ2n) is 8.56. The van der Waals surface area contributed by atoms with Crippen LogP contribution in [0.4, 0.5) is 0 Å². The number of fused-ring (bicyclic) bond motifs is 5. The number of carbonyl (C=O) groups excluding carboxylic acids is 1. The summed E-state index contributed by atoms with van der Waals surface area (Å²) in [6.45, 7) is 6.54. The highest BCUT2D eigenvalue weighted by atomic mass is 16.1. The maximum atomic E-state index is 11.9. The van der Waals surface area contributed by atoms with Crippen molar-refractivity contribution in [1.29, 1.82) is 0 Å². The van der Waals surface area contributed by atoms with Gasteiger partial charge in [-0.05, 0) is 98.8 Å². The van der Waals surface area contributed by atoms with Crippen molar-refractivity contribution in [2.24, 2.45) is 23.0 Å². The Morgan fingerprint density at radius 3 is 2.77 bits per heavy atom. The Labute approximate surface area is 157 Å². The van der Waals surface area contributed by atoms with Crippen LogP contribution in [0.1, 0.15) is 85.8 Å². The molecule has 0 spiro atoms. The highest BCUT2D eigenvalue weighted by Gasteiger charge is 2.52. The molecule has 1 aromatic carbocycles. The quantitative estimate of drug-likeness (QED) is 0.566. The number of aryl methyl sites for hydroxylation is 1. The van der Waals surface area contributed by atoms with Gasteiger partial charge in [0, 0.05) is 5.56 Å². The van der Waals surface area contributed by atoms with E-state index in [-0.39, 0.29) is 5.91 Å². The lowest BCUT2D eigenvalue weighted by atomic mass is 9.55. The van der Waals surface area contributed by atoms with Crippen LogP contribution in [0.15, 0.2) is 23.8 Å². The molecule has 2 saturated carbocycles. The van der Waals surface area contributed by atoms with Crippen molar-refractivity contribution in [3.63, 3.8) is 0 Å². The third-order valence-corrected chi connectivity index (χ3v) is 7.58. The summed E-state index contributed by atoms with van der Waals surface area (Å²) >= 11 is 0. The summed E-state index contributed by atoms with van der Waals surface area (Å²) < 4.78 is 0. The number of nitrogens with two attached hydrogens (primary N) is 1. The molecule has 0 aliphatic heterocycles. The molecule has 1 aromatic rings. The number of rotatable bonds is 1. The maximum Gasteiger partial charge on any atom is 0.249 e. The maximum absolute atomic E-state index is 11.9. The second-order valence-corrected chi connectivity index (χ2v) is 8.56. The second kappa shape index (κ2) is 6.31. The normalized spacial score (nSPS) is 33.7. The summed E-state index contributed by atoms with van der Waals surface area (Å²) in [5.41, 5.74) is 11.9. The average molecular weight is 348 g/mol. The third kappa shape index (κ3) is 2.44. The van der Waals surface area contributed by atoms with Crippen LogP contribution in [0.2, 0.25) is 0 Å². The van der Waals surface area contributed by atoms with Crippen molar-refractivity contribution in [2.45, 2.75) is 65.2 Å². The van der Waals surface area contributed by atoms with E-state index < -0.39 is 0 Å². The molecule has 136 valence electrons. The largest absolute Gasteiger partial charge is 0.366 e. The first-order chi connectivity index (χ1) is 12.5. The Bertz CT molecular complexity index is 853. The van der Waals surface area contributed by atoms with E-state index in [2.05, 4.69) is 37.8 Å². The SMILES string of the molecule is CC#Cc1cc2c(cc1C(N)=O)CCC1C2CCC2(C)/C(=C\C)CCC12. The van der Waals surface area contributed by atoms with Gasteiger partial charge in [0.25, 0.3) is 0 Å². The van der Waals surface area contributed by atoms with Gasteiger partial charge < -0.3 is 5.73 Å². The molecule has 0 radical (unpaired) electrons. The van der Waals surface area contributed by atoms with Crippen molar-refractivity contribution in [2.75, 3.05) is 0 Å². The van der Waals surface area contributed by atoms with E-state index in [9.17, 15) is 4.79 Å². The van der Waals surface area contributed by atoms with Crippen molar-refractivity contribution in [3.8, 4) is 11.8 Å². The number of benzene rings is 1. The van der Waals surface area contributed by atoms with E-state index in [1.165, 1.54) is 43.2 Å². The molecule has 3 aliphatic carbocycles. The van der Waals surface area contributed by atoms with Gasteiger partial charge in [0.05, 0.1) is 5.56 Å². The van der Waals surface area contributed by atoms with Gasteiger partial charge >= 0.3 is 0 Å². The zero-order chi connectivity index (χ0) is 18.5. The van der Waals surface area contributed by atoms with E-state index in [0.717, 1.165) is 23.8 Å². The molecule has 0 heterocycles. The van der Waals surface area contributed by atoms with E-state index in [0.29, 0.717) is 16.9 Å². The molecule has 26 heavy (non-hydrogen) atoms. The van der Waals surface area contributed by atoms with Crippen molar-refractivity contribution in [1.82, 2.24) is 0 Å². The van der Waals surface area contributed by atoms with Crippen LogP contribution in [-0.2, 0) is 6.42 Å². The highest BCUT2D eigenvalue weighted by molar-refractivity contribution is 5.96. The predicted octanol–water partition coefficient (Wildman–Crippen LogP) is 4.96. The summed E-state index contributed by atoms with van der Waals surface area (Å²) in [5, 5.41) is 0. The molecule has 2 fully saturated rings. The molecule has 2 nitrogen and oxygen atoms in total. The fourth-order valence-corrected chi connectivity index (χ4v) is 6.39. The van der Waals surface area contributed by atoms with Crippen LogP contribution in [0, 0.1) is 29.1 Å². The summed E-state index contributed by atoms with van der Waals surface area (Å²) in [6, 6.07) is 4.23. The minimum Gasteiger partial charge on any atom is -0.366 e. The lowest BCUT2D eigenvalue weighted by Crippen LogP contribution is -2.40. The first-order valence-electron chi connectivity index (χ1n) is 10.0. The Balaban J connectivity index is 1.76. The number of primary amides is 1. The number of hydrogen-bond acceptors (Lipinski definition) is 1. The summed E-state index contributed by atoms with van der Waals surface area (Å²) in [6.07, 6.45) is 9.83. The fraction of sp³-hybridized carbons (Fsp3) is 0.542. The van der Waals surface area contributed by atoms with Crippen LogP contribution in [0.3, 0.4) is 0 Å². The molecular formula is C24H29NO. The zero-order valence-corrected chi connectivity index (χ0v) is 16.2. The molecule has 0 bridgehead atoms. The minimum atomic E-state index is -0.364. The van der Waals surface area contributed by atoms with E-state index >= 15 is 0 Å². The summed E-state index contributed by atoms with van der Waals surface area (Å²) in [4.78, 5) is 11.9. The van der Waals surface area contributed by atoms with Crippen molar-refractivity contribution < 1.29 is 4.79 Å². The van der Waals surface area contributed by atoms with Gasteiger partial charge in [-0.25, -0.2) is 0 Å². The molecule has 4 atom stereocenters. The molecule has 1 amide bonds. The predicted molar refractivity (Wildman–Crippen MR) is 106 cm³/mol.